The molecule has 0 atom stereocenters. The van der Waals surface area contributed by atoms with Crippen LogP contribution in [0.25, 0.3) is 10.9 Å². The van der Waals surface area contributed by atoms with E-state index in [4.69, 9.17) is 0 Å². The van der Waals surface area contributed by atoms with Gasteiger partial charge < -0.3 is 9.88 Å². The quantitative estimate of drug-likeness (QED) is 0.753. The molecule has 0 saturated heterocycles. The van der Waals surface area contributed by atoms with Crippen molar-refractivity contribution in [1.29, 1.82) is 0 Å². The number of nitrogens with one attached hydrogen (secondary N) is 1. The average Bonchev–Trinajstić information content (AvgIpc) is 3.01. The molecule has 1 fully saturated rings. The maximum absolute atomic E-state index is 4.28. The molecule has 2 heterocycles. The number of aryl methyl sites for hydroxylation is 2. The van der Waals surface area contributed by atoms with Gasteiger partial charge in [0.2, 0.25) is 0 Å². The monoisotopic (exact) mass is 280 g/mol. The summed E-state index contributed by atoms with van der Waals surface area (Å²) in [5.41, 5.74) is 2.75. The highest BCUT2D eigenvalue weighted by atomic mass is 15.3. The minimum Gasteiger partial charge on any atom is -0.345 e. The molecule has 108 valence electrons. The zero-order valence-corrected chi connectivity index (χ0v) is 12.1. The topological polar surface area (TPSA) is 34.8 Å². The molecule has 0 bridgehead atoms. The smallest absolute Gasteiger partial charge is 0.0588 e. The standard InChI is InChI=1S/C17H20N4/c1-3-14-7-10-20(11-12-21-9-2-8-19-21)17(14)15(4-1)13-18-16-5-6-16/h1-4,7-10,16,18H,5-6,11-13H2. The first-order valence-corrected chi connectivity index (χ1v) is 7.68. The molecule has 4 heteroatoms. The van der Waals surface area contributed by atoms with Gasteiger partial charge in [-0.3, -0.25) is 4.68 Å². The van der Waals surface area contributed by atoms with Gasteiger partial charge in [0.25, 0.3) is 0 Å². The van der Waals surface area contributed by atoms with Gasteiger partial charge in [0.15, 0.2) is 0 Å². The Morgan fingerprint density at radius 1 is 1.10 bits per heavy atom. The third-order valence-electron chi connectivity index (χ3n) is 4.16. The van der Waals surface area contributed by atoms with Gasteiger partial charge in [-0.25, -0.2) is 0 Å². The third kappa shape index (κ3) is 2.72. The summed E-state index contributed by atoms with van der Waals surface area (Å²) in [4.78, 5) is 0. The normalized spacial score (nSPS) is 14.9. The molecule has 1 aromatic carbocycles. The summed E-state index contributed by atoms with van der Waals surface area (Å²) in [6, 6.07) is 11.5. The van der Waals surface area contributed by atoms with Crippen molar-refractivity contribution in [3.05, 3.63) is 54.5 Å². The number of fused-ring (bicyclic) bond motifs is 1. The highest BCUT2D eigenvalue weighted by Gasteiger charge is 2.20. The van der Waals surface area contributed by atoms with Gasteiger partial charge in [0, 0.05) is 37.7 Å². The van der Waals surface area contributed by atoms with Crippen LogP contribution in [0, 0.1) is 0 Å². The van der Waals surface area contributed by atoms with Crippen molar-refractivity contribution in [1.82, 2.24) is 19.7 Å². The van der Waals surface area contributed by atoms with Crippen LogP contribution in [0.1, 0.15) is 18.4 Å². The molecule has 1 saturated carbocycles. The maximum atomic E-state index is 4.28. The number of rotatable bonds is 6. The van der Waals surface area contributed by atoms with Gasteiger partial charge in [-0.1, -0.05) is 18.2 Å². The van der Waals surface area contributed by atoms with E-state index in [0.29, 0.717) is 0 Å². The summed E-state index contributed by atoms with van der Waals surface area (Å²) in [5.74, 6) is 0. The van der Waals surface area contributed by atoms with E-state index in [1.807, 2.05) is 23.1 Å². The van der Waals surface area contributed by atoms with Crippen molar-refractivity contribution >= 4 is 10.9 Å². The molecule has 0 radical (unpaired) electrons. The second-order valence-electron chi connectivity index (χ2n) is 5.79. The van der Waals surface area contributed by atoms with Crippen molar-refractivity contribution < 1.29 is 0 Å². The van der Waals surface area contributed by atoms with E-state index in [-0.39, 0.29) is 0 Å². The van der Waals surface area contributed by atoms with E-state index in [1.54, 1.807) is 0 Å². The van der Waals surface area contributed by atoms with Gasteiger partial charge in [0.1, 0.15) is 0 Å². The van der Waals surface area contributed by atoms with E-state index in [2.05, 4.69) is 45.4 Å². The van der Waals surface area contributed by atoms with Crippen LogP contribution in [-0.2, 0) is 19.6 Å². The lowest BCUT2D eigenvalue weighted by Gasteiger charge is -2.11. The SMILES string of the molecule is c1cc(CNC2CC2)c2c(c1)ccn2CCn1cccn1. The van der Waals surface area contributed by atoms with Crippen LogP contribution in [0.4, 0.5) is 0 Å². The van der Waals surface area contributed by atoms with Crippen LogP contribution in [0.3, 0.4) is 0 Å². The predicted octanol–water partition coefficient (Wildman–Crippen LogP) is 2.79. The average molecular weight is 280 g/mol. The molecular formula is C17H20N4. The number of hydrogen-bond donors (Lipinski definition) is 1. The summed E-state index contributed by atoms with van der Waals surface area (Å²) in [5, 5.41) is 9.22. The highest BCUT2D eigenvalue weighted by Crippen LogP contribution is 2.23. The minimum atomic E-state index is 0.743. The van der Waals surface area contributed by atoms with Gasteiger partial charge in [0.05, 0.1) is 12.1 Å². The molecule has 1 aliphatic carbocycles. The second kappa shape index (κ2) is 5.37. The summed E-state index contributed by atoms with van der Waals surface area (Å²) in [7, 11) is 0. The van der Waals surface area contributed by atoms with Crippen LogP contribution in [0.5, 0.6) is 0 Å². The lowest BCUT2D eigenvalue weighted by molar-refractivity contribution is 0.541. The van der Waals surface area contributed by atoms with Crippen molar-refractivity contribution in [3.8, 4) is 0 Å². The molecule has 3 aromatic rings. The number of hydrogen-bond acceptors (Lipinski definition) is 2. The molecule has 0 aliphatic heterocycles. The fourth-order valence-corrected chi connectivity index (χ4v) is 2.85. The zero-order valence-electron chi connectivity index (χ0n) is 12.1. The Labute approximate surface area is 124 Å². The molecule has 1 aliphatic rings. The van der Waals surface area contributed by atoms with E-state index in [9.17, 15) is 0 Å². The minimum absolute atomic E-state index is 0.743. The lowest BCUT2D eigenvalue weighted by Crippen LogP contribution is -2.16. The molecule has 2 aromatic heterocycles. The Hall–Kier alpha value is -2.07. The molecule has 1 N–H and O–H groups in total. The first kappa shape index (κ1) is 12.7. The largest absolute Gasteiger partial charge is 0.345 e. The fraction of sp³-hybridized carbons (Fsp3) is 0.353. The predicted molar refractivity (Wildman–Crippen MR) is 84.0 cm³/mol. The molecule has 4 nitrogen and oxygen atoms in total. The summed E-state index contributed by atoms with van der Waals surface area (Å²) >= 11 is 0. The first-order valence-electron chi connectivity index (χ1n) is 7.68. The van der Waals surface area contributed by atoms with E-state index in [1.165, 1.54) is 29.3 Å². The van der Waals surface area contributed by atoms with E-state index >= 15 is 0 Å². The Morgan fingerprint density at radius 2 is 2.05 bits per heavy atom. The number of nitrogens with zero attached hydrogens (tertiary/aromatic N) is 3. The van der Waals surface area contributed by atoms with Crippen LogP contribution >= 0.6 is 0 Å². The summed E-state index contributed by atoms with van der Waals surface area (Å²) in [6.45, 7) is 2.82. The van der Waals surface area contributed by atoms with Gasteiger partial charge in [-0.05, 0) is 35.9 Å². The molecule has 4 rings (SSSR count). The highest BCUT2D eigenvalue weighted by molar-refractivity contribution is 5.83. The van der Waals surface area contributed by atoms with E-state index in [0.717, 1.165) is 25.7 Å². The van der Waals surface area contributed by atoms with Gasteiger partial charge in [-0.15, -0.1) is 0 Å². The molecule has 21 heavy (non-hydrogen) atoms. The molecular weight excluding hydrogens is 260 g/mol. The van der Waals surface area contributed by atoms with Crippen molar-refractivity contribution in [2.75, 3.05) is 0 Å². The Kier molecular flexibility index (Phi) is 3.24. The lowest BCUT2D eigenvalue weighted by atomic mass is 10.1. The van der Waals surface area contributed by atoms with Gasteiger partial charge in [-0.2, -0.15) is 5.10 Å². The fourth-order valence-electron chi connectivity index (χ4n) is 2.85. The Morgan fingerprint density at radius 3 is 2.86 bits per heavy atom. The zero-order chi connectivity index (χ0) is 14.1. The van der Waals surface area contributed by atoms with Crippen molar-refractivity contribution in [2.24, 2.45) is 0 Å². The van der Waals surface area contributed by atoms with Crippen LogP contribution in [0.2, 0.25) is 0 Å². The third-order valence-corrected chi connectivity index (χ3v) is 4.16. The molecule has 0 spiro atoms. The maximum Gasteiger partial charge on any atom is 0.0588 e. The number of para-hydroxylation sites is 1. The first-order chi connectivity index (χ1) is 10.4. The second-order valence-corrected chi connectivity index (χ2v) is 5.79. The molecule has 0 amide bonds. The number of benzene rings is 1. The van der Waals surface area contributed by atoms with Crippen molar-refractivity contribution in [3.63, 3.8) is 0 Å². The van der Waals surface area contributed by atoms with Crippen molar-refractivity contribution in [2.45, 2.75) is 38.5 Å². The van der Waals surface area contributed by atoms with Crippen LogP contribution in [0.15, 0.2) is 48.9 Å². The summed E-state index contributed by atoms with van der Waals surface area (Å²) < 4.78 is 4.33. The van der Waals surface area contributed by atoms with Crippen LogP contribution in [-0.4, -0.2) is 20.4 Å². The molecule has 0 unspecified atom stereocenters. The van der Waals surface area contributed by atoms with Gasteiger partial charge >= 0.3 is 0 Å². The summed E-state index contributed by atoms with van der Waals surface area (Å²) in [6.07, 6.45) is 8.70. The number of aromatic nitrogens is 3. The van der Waals surface area contributed by atoms with E-state index < -0.39 is 0 Å². The Bertz CT molecular complexity index is 722. The Balaban J connectivity index is 1.58. The van der Waals surface area contributed by atoms with Crippen LogP contribution < -0.4 is 5.32 Å².